The SMILES string of the molecule is COc1ccc(F)cc1[C@@H]1CC[C@H](CCNCCc2ccccc2)O1. The molecule has 0 unspecified atom stereocenters. The Hall–Kier alpha value is -1.91. The van der Waals surface area contributed by atoms with Crippen LogP contribution in [0.4, 0.5) is 4.39 Å². The molecule has 3 nitrogen and oxygen atoms in total. The highest BCUT2D eigenvalue weighted by atomic mass is 19.1. The largest absolute Gasteiger partial charge is 0.496 e. The van der Waals surface area contributed by atoms with E-state index in [4.69, 9.17) is 9.47 Å². The molecule has 2 aromatic rings. The molecule has 1 fully saturated rings. The van der Waals surface area contributed by atoms with E-state index in [0.717, 1.165) is 44.3 Å². The maximum absolute atomic E-state index is 13.5. The van der Waals surface area contributed by atoms with E-state index in [9.17, 15) is 4.39 Å². The van der Waals surface area contributed by atoms with Gasteiger partial charge in [0, 0.05) is 5.56 Å². The van der Waals surface area contributed by atoms with Gasteiger partial charge >= 0.3 is 0 Å². The molecule has 0 aromatic heterocycles. The van der Waals surface area contributed by atoms with E-state index in [1.807, 2.05) is 6.07 Å². The lowest BCUT2D eigenvalue weighted by molar-refractivity contribution is 0.0388. The van der Waals surface area contributed by atoms with Crippen molar-refractivity contribution in [3.05, 3.63) is 65.5 Å². The van der Waals surface area contributed by atoms with Crippen molar-refractivity contribution in [3.63, 3.8) is 0 Å². The summed E-state index contributed by atoms with van der Waals surface area (Å²) >= 11 is 0. The molecule has 25 heavy (non-hydrogen) atoms. The Bertz CT molecular complexity index is 662. The predicted molar refractivity (Wildman–Crippen MR) is 97.4 cm³/mol. The minimum absolute atomic E-state index is 0.0695. The van der Waals surface area contributed by atoms with Crippen LogP contribution in [0.1, 0.15) is 36.5 Å². The van der Waals surface area contributed by atoms with Crippen LogP contribution in [-0.2, 0) is 11.2 Å². The Morgan fingerprint density at radius 2 is 1.96 bits per heavy atom. The third-order valence-electron chi connectivity index (χ3n) is 4.72. The average Bonchev–Trinajstić information content (AvgIpc) is 3.11. The number of halogens is 1. The second-order valence-corrected chi connectivity index (χ2v) is 6.48. The van der Waals surface area contributed by atoms with Crippen LogP contribution in [0, 0.1) is 5.82 Å². The zero-order valence-corrected chi connectivity index (χ0v) is 14.7. The van der Waals surface area contributed by atoms with Crippen LogP contribution in [0.2, 0.25) is 0 Å². The molecule has 0 radical (unpaired) electrons. The van der Waals surface area contributed by atoms with Gasteiger partial charge in [-0.3, -0.25) is 0 Å². The lowest BCUT2D eigenvalue weighted by Crippen LogP contribution is -2.22. The van der Waals surface area contributed by atoms with Gasteiger partial charge in [0.1, 0.15) is 11.6 Å². The molecule has 4 heteroatoms. The number of ether oxygens (including phenoxy) is 2. The van der Waals surface area contributed by atoms with E-state index in [2.05, 4.69) is 29.6 Å². The first-order chi connectivity index (χ1) is 12.3. The minimum atomic E-state index is -0.245. The standard InChI is InChI=1S/C21H26FNO2/c1-24-20-9-7-17(22)15-19(20)21-10-8-18(25-21)12-14-23-13-11-16-5-3-2-4-6-16/h2-7,9,15,18,21,23H,8,10-14H2,1H3/t18-,21+/m1/s1. The van der Waals surface area contributed by atoms with Crippen LogP contribution in [-0.4, -0.2) is 26.3 Å². The fourth-order valence-electron chi connectivity index (χ4n) is 3.37. The third kappa shape index (κ3) is 5.03. The molecule has 3 rings (SSSR count). The Labute approximate surface area is 149 Å². The van der Waals surface area contributed by atoms with Crippen LogP contribution < -0.4 is 10.1 Å². The smallest absolute Gasteiger partial charge is 0.124 e. The maximum atomic E-state index is 13.5. The fraction of sp³-hybridized carbons (Fsp3) is 0.429. The summed E-state index contributed by atoms with van der Waals surface area (Å²) in [5.74, 6) is 0.457. The van der Waals surface area contributed by atoms with Crippen molar-refractivity contribution in [3.8, 4) is 5.75 Å². The van der Waals surface area contributed by atoms with Crippen LogP contribution in [0.3, 0.4) is 0 Å². The predicted octanol–water partition coefficient (Wildman–Crippen LogP) is 4.28. The van der Waals surface area contributed by atoms with Crippen molar-refractivity contribution < 1.29 is 13.9 Å². The van der Waals surface area contributed by atoms with Crippen molar-refractivity contribution in [1.29, 1.82) is 0 Å². The lowest BCUT2D eigenvalue weighted by Gasteiger charge is -2.17. The van der Waals surface area contributed by atoms with E-state index in [0.29, 0.717) is 5.75 Å². The highest BCUT2D eigenvalue weighted by molar-refractivity contribution is 5.36. The van der Waals surface area contributed by atoms with Crippen LogP contribution in [0.25, 0.3) is 0 Å². The van der Waals surface area contributed by atoms with E-state index in [1.165, 1.54) is 17.7 Å². The van der Waals surface area contributed by atoms with Gasteiger partial charge in [0.2, 0.25) is 0 Å². The van der Waals surface area contributed by atoms with Crippen molar-refractivity contribution in [2.75, 3.05) is 20.2 Å². The molecular weight excluding hydrogens is 317 g/mol. The second kappa shape index (κ2) is 8.97. The van der Waals surface area contributed by atoms with Gasteiger partial charge < -0.3 is 14.8 Å². The molecule has 0 saturated carbocycles. The van der Waals surface area contributed by atoms with Gasteiger partial charge in [-0.15, -0.1) is 0 Å². The molecule has 0 aliphatic carbocycles. The summed E-state index contributed by atoms with van der Waals surface area (Å²) < 4.78 is 25.0. The monoisotopic (exact) mass is 343 g/mol. The second-order valence-electron chi connectivity index (χ2n) is 6.48. The molecule has 2 aromatic carbocycles. The molecule has 0 spiro atoms. The third-order valence-corrected chi connectivity index (χ3v) is 4.72. The summed E-state index contributed by atoms with van der Waals surface area (Å²) in [4.78, 5) is 0. The summed E-state index contributed by atoms with van der Waals surface area (Å²) in [5.41, 5.74) is 2.17. The summed E-state index contributed by atoms with van der Waals surface area (Å²) in [6.07, 6.45) is 4.08. The van der Waals surface area contributed by atoms with Gasteiger partial charge in [-0.25, -0.2) is 4.39 Å². The number of methoxy groups -OCH3 is 1. The summed E-state index contributed by atoms with van der Waals surface area (Å²) in [7, 11) is 1.61. The van der Waals surface area contributed by atoms with Gasteiger partial charge in [-0.05, 0) is 62.5 Å². The quantitative estimate of drug-likeness (QED) is 0.726. The Morgan fingerprint density at radius 3 is 2.76 bits per heavy atom. The van der Waals surface area contributed by atoms with Crippen molar-refractivity contribution in [2.24, 2.45) is 0 Å². The van der Waals surface area contributed by atoms with E-state index in [1.54, 1.807) is 13.2 Å². The average molecular weight is 343 g/mol. The highest BCUT2D eigenvalue weighted by Crippen LogP contribution is 2.38. The number of benzene rings is 2. The summed E-state index contributed by atoms with van der Waals surface area (Å²) in [6.45, 7) is 1.91. The van der Waals surface area contributed by atoms with Crippen molar-refractivity contribution in [1.82, 2.24) is 5.32 Å². The van der Waals surface area contributed by atoms with E-state index in [-0.39, 0.29) is 18.0 Å². The molecule has 1 aliphatic heterocycles. The van der Waals surface area contributed by atoms with Crippen LogP contribution >= 0.6 is 0 Å². The van der Waals surface area contributed by atoms with Gasteiger partial charge in [0.05, 0.1) is 19.3 Å². The molecular formula is C21H26FNO2. The molecule has 1 heterocycles. The normalized spacial score (nSPS) is 19.9. The number of rotatable bonds is 8. The summed E-state index contributed by atoms with van der Waals surface area (Å²) in [6, 6.07) is 15.1. The lowest BCUT2D eigenvalue weighted by atomic mass is 10.0. The first-order valence-electron chi connectivity index (χ1n) is 9.00. The Kier molecular flexibility index (Phi) is 6.42. The first-order valence-corrected chi connectivity index (χ1v) is 9.00. The maximum Gasteiger partial charge on any atom is 0.124 e. The fourth-order valence-corrected chi connectivity index (χ4v) is 3.37. The minimum Gasteiger partial charge on any atom is -0.496 e. The van der Waals surface area contributed by atoms with Gasteiger partial charge in [-0.2, -0.15) is 0 Å². The highest BCUT2D eigenvalue weighted by Gasteiger charge is 2.28. The molecule has 0 amide bonds. The topological polar surface area (TPSA) is 30.5 Å². The van der Waals surface area contributed by atoms with Gasteiger partial charge in [-0.1, -0.05) is 30.3 Å². The van der Waals surface area contributed by atoms with E-state index < -0.39 is 0 Å². The molecule has 1 saturated heterocycles. The van der Waals surface area contributed by atoms with Crippen LogP contribution in [0.5, 0.6) is 5.75 Å². The Morgan fingerprint density at radius 1 is 1.12 bits per heavy atom. The van der Waals surface area contributed by atoms with Crippen molar-refractivity contribution in [2.45, 2.75) is 37.9 Å². The van der Waals surface area contributed by atoms with Crippen LogP contribution in [0.15, 0.2) is 48.5 Å². The van der Waals surface area contributed by atoms with Gasteiger partial charge in [0.25, 0.3) is 0 Å². The molecule has 0 bridgehead atoms. The number of nitrogens with one attached hydrogen (secondary N) is 1. The van der Waals surface area contributed by atoms with Crippen molar-refractivity contribution >= 4 is 0 Å². The summed E-state index contributed by atoms with van der Waals surface area (Å²) in [5, 5.41) is 3.48. The molecule has 134 valence electrons. The zero-order valence-electron chi connectivity index (χ0n) is 14.7. The molecule has 1 aliphatic rings. The van der Waals surface area contributed by atoms with Gasteiger partial charge in [0.15, 0.2) is 0 Å². The molecule has 2 atom stereocenters. The number of hydrogen-bond donors (Lipinski definition) is 1. The zero-order chi connectivity index (χ0) is 17.5. The first kappa shape index (κ1) is 17.9. The Balaban J connectivity index is 1.40. The molecule has 1 N–H and O–H groups in total. The number of hydrogen-bond acceptors (Lipinski definition) is 3. The van der Waals surface area contributed by atoms with E-state index >= 15 is 0 Å².